The molecule has 0 heterocycles. The Morgan fingerprint density at radius 2 is 2.27 bits per heavy atom. The summed E-state index contributed by atoms with van der Waals surface area (Å²) in [4.78, 5) is 11.1. The van der Waals surface area contributed by atoms with Crippen molar-refractivity contribution in [3.63, 3.8) is 0 Å². The maximum absolute atomic E-state index is 11.1. The van der Waals surface area contributed by atoms with Crippen molar-refractivity contribution in [3.05, 3.63) is 29.8 Å². The van der Waals surface area contributed by atoms with Gasteiger partial charge < -0.3 is 4.74 Å². The van der Waals surface area contributed by atoms with Gasteiger partial charge in [-0.05, 0) is 32.0 Å². The summed E-state index contributed by atoms with van der Waals surface area (Å²) < 4.78 is 5.44. The molecule has 1 aromatic carbocycles. The van der Waals surface area contributed by atoms with Gasteiger partial charge in [-0.2, -0.15) is 0 Å². The zero-order valence-electron chi connectivity index (χ0n) is 9.25. The molecule has 0 fully saturated rings. The number of carbonyl (C=O) groups is 1. The van der Waals surface area contributed by atoms with Gasteiger partial charge in [0.15, 0.2) is 5.78 Å². The van der Waals surface area contributed by atoms with E-state index in [1.807, 2.05) is 12.1 Å². The molecule has 0 atom stereocenters. The predicted octanol–water partition coefficient (Wildman–Crippen LogP) is 2.23. The highest BCUT2D eigenvalue weighted by molar-refractivity contribution is 5.94. The van der Waals surface area contributed by atoms with Gasteiger partial charge in [-0.25, -0.2) is 0 Å². The Hall–Kier alpha value is -1.35. The summed E-state index contributed by atoms with van der Waals surface area (Å²) in [6, 6.07) is 7.22. The first-order valence-corrected chi connectivity index (χ1v) is 5.18. The molecule has 15 heavy (non-hydrogen) atoms. The number of hydrogen-bond acceptors (Lipinski definition) is 3. The summed E-state index contributed by atoms with van der Waals surface area (Å²) in [6.07, 6.45) is 1.08. The van der Waals surface area contributed by atoms with Crippen LogP contribution in [-0.4, -0.2) is 19.1 Å². The third-order valence-corrected chi connectivity index (χ3v) is 2.01. The molecule has 3 heteroatoms. The Morgan fingerprint density at radius 3 is 2.93 bits per heavy atom. The van der Waals surface area contributed by atoms with Crippen LogP contribution in [0.3, 0.4) is 0 Å². The van der Waals surface area contributed by atoms with E-state index in [9.17, 15) is 4.79 Å². The van der Waals surface area contributed by atoms with Crippen molar-refractivity contribution < 1.29 is 9.53 Å². The van der Waals surface area contributed by atoms with Gasteiger partial charge in [0.1, 0.15) is 12.5 Å². The Balaban J connectivity index is 2.47. The van der Waals surface area contributed by atoms with Crippen molar-refractivity contribution in [3.8, 4) is 5.75 Å². The molecule has 0 saturated heterocycles. The third kappa shape index (κ3) is 4.13. The van der Waals surface area contributed by atoms with Crippen molar-refractivity contribution in [2.75, 3.05) is 13.3 Å². The molecule has 0 saturated carbocycles. The smallest absolute Gasteiger partial charge is 0.159 e. The topological polar surface area (TPSA) is 38.3 Å². The van der Waals surface area contributed by atoms with Crippen molar-refractivity contribution in [1.82, 2.24) is 5.32 Å². The van der Waals surface area contributed by atoms with E-state index in [-0.39, 0.29) is 5.78 Å². The van der Waals surface area contributed by atoms with Gasteiger partial charge in [0.25, 0.3) is 0 Å². The van der Waals surface area contributed by atoms with Crippen LogP contribution in [0.5, 0.6) is 5.75 Å². The van der Waals surface area contributed by atoms with Crippen LogP contribution in [0, 0.1) is 0 Å². The van der Waals surface area contributed by atoms with E-state index >= 15 is 0 Å². The molecule has 0 bridgehead atoms. The van der Waals surface area contributed by atoms with Gasteiger partial charge in [0.05, 0.1) is 0 Å². The number of nitrogens with one attached hydrogen (secondary N) is 1. The van der Waals surface area contributed by atoms with Crippen LogP contribution in [0.15, 0.2) is 24.3 Å². The minimum Gasteiger partial charge on any atom is -0.478 e. The summed E-state index contributed by atoms with van der Waals surface area (Å²) >= 11 is 0. The molecule has 3 nitrogen and oxygen atoms in total. The quantitative estimate of drug-likeness (QED) is 0.441. The van der Waals surface area contributed by atoms with Gasteiger partial charge in [0, 0.05) is 5.56 Å². The van der Waals surface area contributed by atoms with Crippen molar-refractivity contribution in [2.45, 2.75) is 20.3 Å². The maximum Gasteiger partial charge on any atom is 0.159 e. The highest BCUT2D eigenvalue weighted by Gasteiger charge is 2.00. The van der Waals surface area contributed by atoms with Crippen LogP contribution < -0.4 is 10.1 Å². The maximum atomic E-state index is 11.1. The lowest BCUT2D eigenvalue weighted by atomic mass is 10.1. The molecule has 1 rings (SSSR count). The van der Waals surface area contributed by atoms with Crippen molar-refractivity contribution in [1.29, 1.82) is 0 Å². The molecule has 0 unspecified atom stereocenters. The van der Waals surface area contributed by atoms with Gasteiger partial charge in [-0.1, -0.05) is 19.1 Å². The minimum absolute atomic E-state index is 0.0574. The van der Waals surface area contributed by atoms with E-state index in [0.717, 1.165) is 18.7 Å². The standard InChI is InChI=1S/C12H17NO2/c1-3-7-13-9-15-12-6-4-5-11(8-12)10(2)14/h4-6,8,13H,3,7,9H2,1-2H3. The number of ketones is 1. The first kappa shape index (κ1) is 11.7. The largest absolute Gasteiger partial charge is 0.478 e. The molecule has 82 valence electrons. The predicted molar refractivity (Wildman–Crippen MR) is 60.2 cm³/mol. The van der Waals surface area contributed by atoms with E-state index in [1.165, 1.54) is 0 Å². The molecule has 0 aliphatic rings. The second kappa shape index (κ2) is 6.19. The summed E-state index contributed by atoms with van der Waals surface area (Å²) in [7, 11) is 0. The van der Waals surface area contributed by atoms with Gasteiger partial charge in [-0.15, -0.1) is 0 Å². The third-order valence-electron chi connectivity index (χ3n) is 2.01. The van der Waals surface area contributed by atoms with Crippen LogP contribution >= 0.6 is 0 Å². The number of carbonyl (C=O) groups excluding carboxylic acids is 1. The highest BCUT2D eigenvalue weighted by atomic mass is 16.5. The molecule has 0 spiro atoms. The monoisotopic (exact) mass is 207 g/mol. The SMILES string of the molecule is CCCNCOc1cccc(C(C)=O)c1. The number of ether oxygens (including phenoxy) is 1. The Morgan fingerprint density at radius 1 is 1.47 bits per heavy atom. The summed E-state index contributed by atoms with van der Waals surface area (Å²) in [5.74, 6) is 0.785. The van der Waals surface area contributed by atoms with Crippen LogP contribution in [0.1, 0.15) is 30.6 Å². The number of hydrogen-bond donors (Lipinski definition) is 1. The summed E-state index contributed by atoms with van der Waals surface area (Å²) in [6.45, 7) is 5.07. The fourth-order valence-corrected chi connectivity index (χ4v) is 1.19. The van der Waals surface area contributed by atoms with Gasteiger partial charge >= 0.3 is 0 Å². The lowest BCUT2D eigenvalue weighted by molar-refractivity contribution is 0.101. The zero-order chi connectivity index (χ0) is 11.1. The lowest BCUT2D eigenvalue weighted by Gasteiger charge is -2.07. The molecule has 0 aromatic heterocycles. The van der Waals surface area contributed by atoms with Crippen molar-refractivity contribution in [2.24, 2.45) is 0 Å². The molecule has 0 aliphatic carbocycles. The van der Waals surface area contributed by atoms with Gasteiger partial charge in [-0.3, -0.25) is 10.1 Å². The number of rotatable bonds is 6. The van der Waals surface area contributed by atoms with E-state index in [2.05, 4.69) is 12.2 Å². The van der Waals surface area contributed by atoms with Crippen LogP contribution in [0.2, 0.25) is 0 Å². The molecule has 1 aromatic rings. The average molecular weight is 207 g/mol. The molecular weight excluding hydrogens is 190 g/mol. The van der Waals surface area contributed by atoms with Crippen LogP contribution in [0.25, 0.3) is 0 Å². The van der Waals surface area contributed by atoms with E-state index in [0.29, 0.717) is 12.3 Å². The molecule has 1 N–H and O–H groups in total. The first-order valence-electron chi connectivity index (χ1n) is 5.18. The van der Waals surface area contributed by atoms with Gasteiger partial charge in [0.2, 0.25) is 0 Å². The van der Waals surface area contributed by atoms with E-state index < -0.39 is 0 Å². The second-order valence-electron chi connectivity index (χ2n) is 3.37. The van der Waals surface area contributed by atoms with E-state index in [4.69, 9.17) is 4.74 Å². The summed E-state index contributed by atoms with van der Waals surface area (Å²) in [5, 5.41) is 3.13. The molecule has 0 amide bonds. The fourth-order valence-electron chi connectivity index (χ4n) is 1.19. The van der Waals surface area contributed by atoms with E-state index in [1.54, 1.807) is 19.1 Å². The normalized spacial score (nSPS) is 10.0. The second-order valence-corrected chi connectivity index (χ2v) is 3.37. The Labute approximate surface area is 90.4 Å². The fraction of sp³-hybridized carbons (Fsp3) is 0.417. The molecule has 0 radical (unpaired) electrons. The van der Waals surface area contributed by atoms with Crippen LogP contribution in [-0.2, 0) is 0 Å². The number of benzene rings is 1. The Bertz CT molecular complexity index is 323. The first-order chi connectivity index (χ1) is 7.24. The molecular formula is C12H17NO2. The Kier molecular flexibility index (Phi) is 4.84. The van der Waals surface area contributed by atoms with Crippen LogP contribution in [0.4, 0.5) is 0 Å². The average Bonchev–Trinajstić information content (AvgIpc) is 2.25. The minimum atomic E-state index is 0.0574. The van der Waals surface area contributed by atoms with Crippen molar-refractivity contribution >= 4 is 5.78 Å². The molecule has 0 aliphatic heterocycles. The summed E-state index contributed by atoms with van der Waals surface area (Å²) in [5.41, 5.74) is 0.683. The lowest BCUT2D eigenvalue weighted by Crippen LogP contribution is -2.20. The highest BCUT2D eigenvalue weighted by Crippen LogP contribution is 2.13. The number of Topliss-reactive ketones (excluding diaryl/α,β-unsaturated/α-hetero) is 1. The zero-order valence-corrected chi connectivity index (χ0v) is 9.25.